The summed E-state index contributed by atoms with van der Waals surface area (Å²) in [6.07, 6.45) is -0.942. The fraction of sp³-hybridized carbons (Fsp3) is 0.833. The number of carbonyl (C=O) groups is 1. The molecule has 0 unspecified atom stereocenters. The van der Waals surface area contributed by atoms with Gasteiger partial charge in [-0.2, -0.15) is 0 Å². The van der Waals surface area contributed by atoms with Crippen molar-refractivity contribution in [3.05, 3.63) is 0 Å². The van der Waals surface area contributed by atoms with Gasteiger partial charge in [0.15, 0.2) is 0 Å². The normalized spacial score (nSPS) is 38.3. The smallest absolute Gasteiger partial charge is 0.323 e. The van der Waals surface area contributed by atoms with Gasteiger partial charge < -0.3 is 15.3 Å². The van der Waals surface area contributed by atoms with E-state index in [2.05, 4.69) is 0 Å². The van der Waals surface area contributed by atoms with Crippen molar-refractivity contribution in [3.63, 3.8) is 0 Å². The van der Waals surface area contributed by atoms with Crippen molar-refractivity contribution in [1.82, 2.24) is 4.90 Å². The second-order valence-corrected chi connectivity index (χ2v) is 2.69. The molecule has 0 aromatic carbocycles. The van der Waals surface area contributed by atoms with Crippen molar-refractivity contribution in [2.24, 2.45) is 0 Å². The minimum Gasteiger partial charge on any atom is -0.480 e. The Morgan fingerprint density at radius 1 is 1.64 bits per heavy atom. The number of hydrogen-bond donors (Lipinski definition) is 3. The number of aliphatic hydroxyl groups is 2. The first-order chi connectivity index (χ1) is 5.09. The van der Waals surface area contributed by atoms with Crippen LogP contribution in [0, 0.1) is 0 Å². The first-order valence-electron chi connectivity index (χ1n) is 3.33. The van der Waals surface area contributed by atoms with E-state index < -0.39 is 24.2 Å². The first-order valence-corrected chi connectivity index (χ1v) is 3.33. The van der Waals surface area contributed by atoms with E-state index in [1.807, 2.05) is 0 Å². The van der Waals surface area contributed by atoms with Gasteiger partial charge in [0.2, 0.25) is 0 Å². The monoisotopic (exact) mass is 161 g/mol. The van der Waals surface area contributed by atoms with Crippen LogP contribution >= 0.6 is 0 Å². The van der Waals surface area contributed by atoms with Gasteiger partial charge >= 0.3 is 5.97 Å². The van der Waals surface area contributed by atoms with Crippen LogP contribution in [0.25, 0.3) is 0 Å². The van der Waals surface area contributed by atoms with Crippen molar-refractivity contribution in [2.45, 2.75) is 18.2 Å². The van der Waals surface area contributed by atoms with E-state index in [9.17, 15) is 4.79 Å². The molecule has 0 radical (unpaired) electrons. The molecule has 0 aromatic rings. The van der Waals surface area contributed by atoms with E-state index in [-0.39, 0.29) is 6.61 Å². The van der Waals surface area contributed by atoms with E-state index in [1.54, 1.807) is 7.05 Å². The summed E-state index contributed by atoms with van der Waals surface area (Å²) in [6.45, 7) is -0.207. The lowest BCUT2D eigenvalue weighted by Crippen LogP contribution is -2.70. The molecular weight excluding hydrogens is 150 g/mol. The van der Waals surface area contributed by atoms with Crippen LogP contribution < -0.4 is 0 Å². The van der Waals surface area contributed by atoms with Gasteiger partial charge in [0.05, 0.1) is 18.8 Å². The lowest BCUT2D eigenvalue weighted by atomic mass is 9.91. The molecule has 3 N–H and O–H groups in total. The van der Waals surface area contributed by atoms with E-state index in [0.717, 1.165) is 0 Å². The maximum Gasteiger partial charge on any atom is 0.323 e. The van der Waals surface area contributed by atoms with E-state index in [0.29, 0.717) is 0 Å². The van der Waals surface area contributed by atoms with Crippen LogP contribution in [0.4, 0.5) is 0 Å². The van der Waals surface area contributed by atoms with Crippen LogP contribution in [0.5, 0.6) is 0 Å². The summed E-state index contributed by atoms with van der Waals surface area (Å²) in [4.78, 5) is 11.8. The zero-order valence-electron chi connectivity index (χ0n) is 6.14. The maximum atomic E-state index is 10.4. The van der Waals surface area contributed by atoms with E-state index in [4.69, 9.17) is 15.3 Å². The van der Waals surface area contributed by atoms with Gasteiger partial charge in [-0.15, -0.1) is 0 Å². The summed E-state index contributed by atoms with van der Waals surface area (Å²) in [5.74, 6) is -1.05. The third kappa shape index (κ3) is 1.11. The standard InChI is InChI=1S/C6H11NO4/c1-7-3(2-8)5(9)4(7)6(10)11/h3-5,8-9H,2H2,1H3,(H,10,11)/t3-,4-,5+/m0/s1. The minimum absolute atomic E-state index is 0.207. The summed E-state index contributed by atoms with van der Waals surface area (Å²) >= 11 is 0. The Labute approximate surface area is 63.9 Å². The summed E-state index contributed by atoms with van der Waals surface area (Å²) < 4.78 is 0. The molecule has 5 nitrogen and oxygen atoms in total. The average Bonchev–Trinajstić information content (AvgIpc) is 1.87. The van der Waals surface area contributed by atoms with Crippen molar-refractivity contribution in [2.75, 3.05) is 13.7 Å². The Hall–Kier alpha value is -0.650. The number of carboxylic acids is 1. The van der Waals surface area contributed by atoms with Gasteiger partial charge in [0, 0.05) is 0 Å². The molecule has 0 spiro atoms. The van der Waals surface area contributed by atoms with Gasteiger partial charge in [-0.05, 0) is 7.05 Å². The second-order valence-electron chi connectivity index (χ2n) is 2.69. The lowest BCUT2D eigenvalue weighted by Gasteiger charge is -2.47. The number of aliphatic hydroxyl groups excluding tert-OH is 2. The topological polar surface area (TPSA) is 81.0 Å². The molecule has 64 valence electrons. The number of hydrogen-bond acceptors (Lipinski definition) is 4. The molecule has 1 heterocycles. The molecular formula is C6H11NO4. The Morgan fingerprint density at radius 2 is 2.18 bits per heavy atom. The van der Waals surface area contributed by atoms with E-state index in [1.165, 1.54) is 4.90 Å². The fourth-order valence-corrected chi connectivity index (χ4v) is 1.35. The Kier molecular flexibility index (Phi) is 2.12. The van der Waals surface area contributed by atoms with Crippen LogP contribution in [-0.4, -0.2) is 58.0 Å². The highest BCUT2D eigenvalue weighted by Gasteiger charge is 2.49. The Bertz CT molecular complexity index is 162. The summed E-state index contributed by atoms with van der Waals surface area (Å²) in [7, 11) is 1.56. The Balaban J connectivity index is 2.56. The molecule has 1 rings (SSSR count). The van der Waals surface area contributed by atoms with Crippen LogP contribution in [0.1, 0.15) is 0 Å². The maximum absolute atomic E-state index is 10.4. The fourth-order valence-electron chi connectivity index (χ4n) is 1.35. The molecule has 1 aliphatic rings. The molecule has 3 atom stereocenters. The highest BCUT2D eigenvalue weighted by molar-refractivity contribution is 5.76. The van der Waals surface area contributed by atoms with Crippen molar-refractivity contribution in [1.29, 1.82) is 0 Å². The van der Waals surface area contributed by atoms with Crippen molar-refractivity contribution in [3.8, 4) is 0 Å². The van der Waals surface area contributed by atoms with Gasteiger partial charge in [0.25, 0.3) is 0 Å². The number of carboxylic acid groups (broad SMARTS) is 1. The highest BCUT2D eigenvalue weighted by Crippen LogP contribution is 2.23. The predicted octanol–water partition coefficient (Wildman–Crippen LogP) is -1.89. The number of likely N-dealkylation sites (N-methyl/N-ethyl adjacent to an activating group) is 1. The van der Waals surface area contributed by atoms with Gasteiger partial charge in [-0.3, -0.25) is 9.69 Å². The molecule has 0 aliphatic carbocycles. The molecule has 11 heavy (non-hydrogen) atoms. The molecule has 0 amide bonds. The molecule has 1 aliphatic heterocycles. The number of likely N-dealkylation sites (tertiary alicyclic amines) is 1. The molecule has 1 saturated heterocycles. The Morgan fingerprint density at radius 3 is 2.45 bits per heavy atom. The van der Waals surface area contributed by atoms with Gasteiger partial charge in [-0.25, -0.2) is 0 Å². The first kappa shape index (κ1) is 8.45. The SMILES string of the molecule is CN1[C@H](C(=O)O)[C@H](O)[C@@H]1CO. The van der Waals surface area contributed by atoms with Crippen molar-refractivity contribution >= 4 is 5.97 Å². The zero-order chi connectivity index (χ0) is 8.59. The quantitative estimate of drug-likeness (QED) is 0.441. The highest BCUT2D eigenvalue weighted by atomic mass is 16.4. The molecule has 5 heteroatoms. The van der Waals surface area contributed by atoms with Crippen LogP contribution in [-0.2, 0) is 4.79 Å². The second kappa shape index (κ2) is 2.77. The van der Waals surface area contributed by atoms with Gasteiger partial charge in [0.1, 0.15) is 6.04 Å². The third-order valence-corrected chi connectivity index (χ3v) is 2.12. The summed E-state index contributed by atoms with van der Waals surface area (Å²) in [6, 6.07) is -1.27. The van der Waals surface area contributed by atoms with Gasteiger partial charge in [-0.1, -0.05) is 0 Å². The molecule has 1 fully saturated rings. The van der Waals surface area contributed by atoms with E-state index >= 15 is 0 Å². The minimum atomic E-state index is -1.05. The van der Waals surface area contributed by atoms with Crippen LogP contribution in [0.2, 0.25) is 0 Å². The summed E-state index contributed by atoms with van der Waals surface area (Å²) in [5, 5.41) is 26.3. The molecule has 0 aromatic heterocycles. The number of nitrogens with zero attached hydrogens (tertiary/aromatic N) is 1. The lowest BCUT2D eigenvalue weighted by molar-refractivity contribution is -0.172. The largest absolute Gasteiger partial charge is 0.480 e. The van der Waals surface area contributed by atoms with Crippen molar-refractivity contribution < 1.29 is 20.1 Å². The van der Waals surface area contributed by atoms with Crippen LogP contribution in [0.15, 0.2) is 0 Å². The number of aliphatic carboxylic acids is 1. The third-order valence-electron chi connectivity index (χ3n) is 2.12. The number of rotatable bonds is 2. The summed E-state index contributed by atoms with van der Waals surface area (Å²) in [5.41, 5.74) is 0. The molecule has 0 saturated carbocycles. The predicted molar refractivity (Wildman–Crippen MR) is 36.1 cm³/mol. The average molecular weight is 161 g/mol. The van der Waals surface area contributed by atoms with Crippen LogP contribution in [0.3, 0.4) is 0 Å². The molecule has 0 bridgehead atoms. The zero-order valence-corrected chi connectivity index (χ0v) is 6.14.